The minimum absolute atomic E-state index is 0.124. The van der Waals surface area contributed by atoms with E-state index in [-0.39, 0.29) is 17.0 Å². The van der Waals surface area contributed by atoms with Crippen LogP contribution in [0.15, 0.2) is 11.5 Å². The molecule has 0 bridgehead atoms. The third-order valence-electron chi connectivity index (χ3n) is 3.87. The average Bonchev–Trinajstić information content (AvgIpc) is 3.13. The molecule has 14 nitrogen and oxygen atoms in total. The van der Waals surface area contributed by atoms with E-state index in [1.165, 1.54) is 22.7 Å². The number of aliphatic hydroxyl groups excluding tert-OH is 2. The summed E-state index contributed by atoms with van der Waals surface area (Å²) in [5.41, 5.74) is 6.38. The van der Waals surface area contributed by atoms with Gasteiger partial charge in [-0.05, 0) is 0 Å². The van der Waals surface area contributed by atoms with Gasteiger partial charge in [0.2, 0.25) is 0 Å². The zero-order chi connectivity index (χ0) is 21.6. The second kappa shape index (κ2) is 8.32. The van der Waals surface area contributed by atoms with Gasteiger partial charge < -0.3 is 0 Å². The van der Waals surface area contributed by atoms with Crippen molar-refractivity contribution in [1.82, 2.24) is 19.5 Å². The van der Waals surface area contributed by atoms with Crippen molar-refractivity contribution in [2.24, 2.45) is 0 Å². The van der Waals surface area contributed by atoms with Gasteiger partial charge in [-0.15, -0.1) is 0 Å². The van der Waals surface area contributed by atoms with Gasteiger partial charge in [0, 0.05) is 0 Å². The molecule has 18 heteroatoms. The van der Waals surface area contributed by atoms with Crippen molar-refractivity contribution in [3.63, 3.8) is 0 Å². The van der Waals surface area contributed by atoms with Gasteiger partial charge in [-0.1, -0.05) is 0 Å². The fourth-order valence-corrected chi connectivity index (χ4v) is 4.78. The van der Waals surface area contributed by atoms with Crippen LogP contribution in [0.25, 0.3) is 11.2 Å². The molecule has 1 aliphatic rings. The van der Waals surface area contributed by atoms with Gasteiger partial charge in [0.25, 0.3) is 0 Å². The van der Waals surface area contributed by atoms with Crippen molar-refractivity contribution in [3.8, 4) is 0 Å². The fraction of sp³-hybridized carbons (Fsp3) is 0.545. The summed E-state index contributed by atoms with van der Waals surface area (Å²) >= 11 is 1.24. The van der Waals surface area contributed by atoms with Crippen LogP contribution in [-0.2, 0) is 18.1 Å². The summed E-state index contributed by atoms with van der Waals surface area (Å²) in [4.78, 5) is 39.5. The molecule has 1 saturated heterocycles. The number of nitrogens with zero attached hydrogens (tertiary/aromatic N) is 4. The van der Waals surface area contributed by atoms with Crippen LogP contribution >= 0.6 is 27.0 Å². The predicted molar refractivity (Wildman–Crippen MR) is 101 cm³/mol. The third-order valence-corrected chi connectivity index (χ3v) is 6.72. The van der Waals surface area contributed by atoms with Crippen molar-refractivity contribution in [1.29, 1.82) is 0 Å². The first-order chi connectivity index (χ1) is 13.4. The normalized spacial score (nSPS) is 27.3. The van der Waals surface area contributed by atoms with Crippen molar-refractivity contribution >= 4 is 51.2 Å². The molecular formula is C11H17BN5O9P2S. The fourth-order valence-electron chi connectivity index (χ4n) is 2.65. The minimum atomic E-state index is -5.11. The number of anilines is 1. The monoisotopic (exact) mass is 468 g/mol. The standard InChI is InChI=1S/C11H17BN5O9P2S/c1-29-11-15-8(13)5-9(16-11)17(3-14-5)10-7(19)6(18)4(25-10)2-24-27(12,20)26-28(21,22)23/h3-4,6-7,10,18-20H,2H2,1H3,(H2,13,15,16)(H2,21,22,23)/t4-,6+,7+,10?,27-/m1/s1. The molecule has 7 N–H and O–H groups in total. The van der Waals surface area contributed by atoms with Crippen molar-refractivity contribution in [2.45, 2.75) is 29.7 Å². The number of aromatic nitrogens is 4. The van der Waals surface area contributed by atoms with Crippen LogP contribution in [0.5, 0.6) is 0 Å². The number of rotatable bonds is 7. The average molecular weight is 468 g/mol. The van der Waals surface area contributed by atoms with Gasteiger partial charge >= 0.3 is 168 Å². The van der Waals surface area contributed by atoms with E-state index in [0.29, 0.717) is 5.16 Å². The number of hydrogen-bond donors (Lipinski definition) is 6. The van der Waals surface area contributed by atoms with Crippen LogP contribution in [-0.4, -0.2) is 82.8 Å². The summed E-state index contributed by atoms with van der Waals surface area (Å²) in [5, 5.41) is 21.0. The number of thioether (sulfide) groups is 1. The Morgan fingerprint density at radius 1 is 1.34 bits per heavy atom. The van der Waals surface area contributed by atoms with Gasteiger partial charge in [-0.25, -0.2) is 0 Å². The molecule has 1 radical (unpaired) electrons. The quantitative estimate of drug-likeness (QED) is 0.121. The van der Waals surface area contributed by atoms with E-state index in [2.05, 4.69) is 19.3 Å². The number of aliphatic hydroxyl groups is 2. The molecule has 0 spiro atoms. The molecule has 3 rings (SSSR count). The molecule has 5 atom stereocenters. The molecule has 0 aliphatic carbocycles. The molecule has 0 amide bonds. The predicted octanol–water partition coefficient (Wildman–Crippen LogP) is -1.29. The van der Waals surface area contributed by atoms with Crippen molar-refractivity contribution in [3.05, 3.63) is 6.33 Å². The Morgan fingerprint density at radius 2 is 2.03 bits per heavy atom. The number of imidazole rings is 1. The Morgan fingerprint density at radius 3 is 2.66 bits per heavy atom. The van der Waals surface area contributed by atoms with E-state index in [0.717, 1.165) is 0 Å². The van der Waals surface area contributed by atoms with Crippen LogP contribution < -0.4 is 5.73 Å². The maximum atomic E-state index is 10.8. The second-order valence-corrected chi connectivity index (χ2v) is 9.69. The van der Waals surface area contributed by atoms with Crippen molar-refractivity contribution in [2.75, 3.05) is 18.6 Å². The Balaban J connectivity index is 1.80. The van der Waals surface area contributed by atoms with Gasteiger partial charge in [-0.2, -0.15) is 0 Å². The second-order valence-electron chi connectivity index (χ2n) is 5.90. The molecule has 1 aliphatic heterocycles. The molecular weight excluding hydrogens is 451 g/mol. The molecule has 3 heterocycles. The number of fused-ring (bicyclic) bond motifs is 1. The summed E-state index contributed by atoms with van der Waals surface area (Å²) in [6.07, 6.45) is -2.28. The third kappa shape index (κ3) is 5.06. The molecule has 29 heavy (non-hydrogen) atoms. The molecule has 1 unspecified atom stereocenters. The summed E-state index contributed by atoms with van der Waals surface area (Å²) in [6.45, 7) is -0.630. The summed E-state index contributed by atoms with van der Waals surface area (Å²) in [7, 11) is -4.31. The molecule has 2 aromatic rings. The van der Waals surface area contributed by atoms with E-state index in [1.807, 2.05) is 0 Å². The molecule has 0 aromatic carbocycles. The molecule has 0 saturated carbocycles. The molecule has 159 valence electrons. The summed E-state index contributed by atoms with van der Waals surface area (Å²) in [5.74, 6) is 0.124. The van der Waals surface area contributed by atoms with E-state index in [1.54, 1.807) is 6.26 Å². The number of hydrogen-bond acceptors (Lipinski definition) is 12. The summed E-state index contributed by atoms with van der Waals surface area (Å²) in [6, 6.07) is 0. The number of nitrogen functional groups attached to an aromatic ring is 1. The SMILES string of the molecule is [B]=[P@@](O)(OC[C@H]1OC(n2cnc3c(N)nc(SC)nc32)[C@@H](O)[C@H]1O)OP(=O)(O)O. The van der Waals surface area contributed by atoms with E-state index in [9.17, 15) is 19.7 Å². The number of ether oxygens (including phenoxy) is 1. The van der Waals surface area contributed by atoms with Crippen LogP contribution in [0, 0.1) is 0 Å². The number of nitrogens with two attached hydrogens (primary N) is 1. The Kier molecular flexibility index (Phi) is 6.54. The van der Waals surface area contributed by atoms with Gasteiger partial charge in [0.05, 0.1) is 0 Å². The topological polar surface area (TPSA) is 216 Å². The van der Waals surface area contributed by atoms with Crippen LogP contribution in [0.4, 0.5) is 5.82 Å². The van der Waals surface area contributed by atoms with Crippen molar-refractivity contribution < 1.29 is 43.0 Å². The van der Waals surface area contributed by atoms with Gasteiger partial charge in [0.15, 0.2) is 0 Å². The molecule has 1 fully saturated rings. The first-order valence-corrected chi connectivity index (χ1v) is 12.2. The van der Waals surface area contributed by atoms with Gasteiger partial charge in [-0.3, -0.25) is 0 Å². The van der Waals surface area contributed by atoms with Gasteiger partial charge in [0.1, 0.15) is 0 Å². The Labute approximate surface area is 168 Å². The number of phosphoric acid groups is 1. The van der Waals surface area contributed by atoms with E-state index < -0.39 is 46.4 Å². The zero-order valence-corrected chi connectivity index (χ0v) is 17.3. The first-order valence-electron chi connectivity index (χ1n) is 7.79. The van der Waals surface area contributed by atoms with Crippen LogP contribution in [0.3, 0.4) is 0 Å². The maximum absolute atomic E-state index is 10.8. The first kappa shape index (κ1) is 22.8. The zero-order valence-electron chi connectivity index (χ0n) is 14.7. The van der Waals surface area contributed by atoms with Crippen LogP contribution in [0.1, 0.15) is 6.23 Å². The van der Waals surface area contributed by atoms with E-state index in [4.69, 9.17) is 32.0 Å². The Bertz CT molecular complexity index is 1000. The van der Waals surface area contributed by atoms with Crippen LogP contribution in [0.2, 0.25) is 0 Å². The Hall–Kier alpha value is -0.895. The summed E-state index contributed by atoms with van der Waals surface area (Å²) < 4.78 is 26.5. The molecule has 2 aromatic heterocycles. The van der Waals surface area contributed by atoms with E-state index >= 15 is 0 Å².